The van der Waals surface area contributed by atoms with Crippen molar-refractivity contribution < 1.29 is 0 Å². The predicted octanol–water partition coefficient (Wildman–Crippen LogP) is 2.07. The van der Waals surface area contributed by atoms with Crippen molar-refractivity contribution >= 4 is 16.7 Å². The van der Waals surface area contributed by atoms with E-state index in [1.807, 2.05) is 35.3 Å². The molecule has 3 aromatic rings. The summed E-state index contributed by atoms with van der Waals surface area (Å²) in [5.74, 6) is 0. The van der Waals surface area contributed by atoms with Crippen molar-refractivity contribution in [3.05, 3.63) is 46.6 Å². The standard InChI is InChI=1S/C14H17N5O/c1-2-5-19-9-10(8-16-19)7-15-11-3-4-12-13(6-11)18-14(20)17-12/h3-4,6,8-9,15H,2,5,7H2,1H3,(H2,17,18,20). The van der Waals surface area contributed by atoms with Gasteiger partial charge in [0.05, 0.1) is 17.2 Å². The number of aromatic amines is 2. The van der Waals surface area contributed by atoms with Crippen LogP contribution < -0.4 is 11.0 Å². The molecule has 20 heavy (non-hydrogen) atoms. The van der Waals surface area contributed by atoms with E-state index in [0.29, 0.717) is 6.54 Å². The van der Waals surface area contributed by atoms with Gasteiger partial charge in [0.2, 0.25) is 0 Å². The first-order valence-electron chi connectivity index (χ1n) is 6.72. The Hall–Kier alpha value is -2.50. The van der Waals surface area contributed by atoms with Crippen molar-refractivity contribution in [3.8, 4) is 0 Å². The number of H-pyrrole nitrogens is 2. The Labute approximate surface area is 115 Å². The van der Waals surface area contributed by atoms with Crippen LogP contribution >= 0.6 is 0 Å². The predicted molar refractivity (Wildman–Crippen MR) is 78.8 cm³/mol. The lowest BCUT2D eigenvalue weighted by Crippen LogP contribution is -1.99. The van der Waals surface area contributed by atoms with Crippen LogP contribution in [0.3, 0.4) is 0 Å². The molecule has 3 N–H and O–H groups in total. The minimum atomic E-state index is -0.182. The van der Waals surface area contributed by atoms with Gasteiger partial charge in [0.25, 0.3) is 0 Å². The van der Waals surface area contributed by atoms with Gasteiger partial charge in [-0.15, -0.1) is 0 Å². The number of hydrogen-bond donors (Lipinski definition) is 3. The Kier molecular flexibility index (Phi) is 3.28. The highest BCUT2D eigenvalue weighted by Crippen LogP contribution is 2.15. The summed E-state index contributed by atoms with van der Waals surface area (Å²) in [4.78, 5) is 16.7. The summed E-state index contributed by atoms with van der Waals surface area (Å²) in [5, 5.41) is 7.62. The highest BCUT2D eigenvalue weighted by Gasteiger charge is 2.01. The van der Waals surface area contributed by atoms with E-state index in [0.717, 1.165) is 35.2 Å². The van der Waals surface area contributed by atoms with Gasteiger partial charge < -0.3 is 15.3 Å². The first kappa shape index (κ1) is 12.5. The molecule has 3 rings (SSSR count). The molecule has 1 aromatic carbocycles. The van der Waals surface area contributed by atoms with E-state index in [1.165, 1.54) is 0 Å². The van der Waals surface area contributed by atoms with E-state index in [4.69, 9.17) is 0 Å². The average molecular weight is 271 g/mol. The molecule has 0 amide bonds. The molecule has 0 saturated heterocycles. The summed E-state index contributed by atoms with van der Waals surface area (Å²) in [6, 6.07) is 5.75. The maximum Gasteiger partial charge on any atom is 0.323 e. The maximum atomic E-state index is 11.2. The number of anilines is 1. The van der Waals surface area contributed by atoms with Crippen LogP contribution in [0.4, 0.5) is 5.69 Å². The summed E-state index contributed by atoms with van der Waals surface area (Å²) >= 11 is 0. The molecule has 104 valence electrons. The fraction of sp³-hybridized carbons (Fsp3) is 0.286. The van der Waals surface area contributed by atoms with Gasteiger partial charge in [-0.2, -0.15) is 5.10 Å². The van der Waals surface area contributed by atoms with Crippen LogP contribution in [0.15, 0.2) is 35.4 Å². The molecular formula is C14H17N5O. The number of imidazole rings is 1. The van der Waals surface area contributed by atoms with Crippen LogP contribution in [0.1, 0.15) is 18.9 Å². The molecule has 2 aromatic heterocycles. The zero-order valence-electron chi connectivity index (χ0n) is 11.3. The lowest BCUT2D eigenvalue weighted by molar-refractivity contribution is 0.602. The first-order chi connectivity index (χ1) is 9.74. The average Bonchev–Trinajstić information content (AvgIpc) is 3.01. The van der Waals surface area contributed by atoms with Gasteiger partial charge >= 0.3 is 5.69 Å². The number of hydrogen-bond acceptors (Lipinski definition) is 3. The molecule has 0 atom stereocenters. The van der Waals surface area contributed by atoms with E-state index in [1.54, 1.807) is 0 Å². The third-order valence-corrected chi connectivity index (χ3v) is 3.15. The molecule has 0 aliphatic heterocycles. The minimum Gasteiger partial charge on any atom is -0.381 e. The summed E-state index contributed by atoms with van der Waals surface area (Å²) in [7, 11) is 0. The summed E-state index contributed by atoms with van der Waals surface area (Å²) < 4.78 is 1.95. The van der Waals surface area contributed by atoms with Crippen molar-refractivity contribution in [2.24, 2.45) is 0 Å². The lowest BCUT2D eigenvalue weighted by Gasteiger charge is -2.04. The summed E-state index contributed by atoms with van der Waals surface area (Å²) in [6.07, 6.45) is 5.00. The highest BCUT2D eigenvalue weighted by atomic mass is 16.1. The van der Waals surface area contributed by atoms with Crippen LogP contribution in [-0.2, 0) is 13.1 Å². The van der Waals surface area contributed by atoms with Crippen molar-refractivity contribution in [1.29, 1.82) is 0 Å². The quantitative estimate of drug-likeness (QED) is 0.664. The molecule has 2 heterocycles. The molecular weight excluding hydrogens is 254 g/mol. The molecule has 6 nitrogen and oxygen atoms in total. The molecule has 0 bridgehead atoms. The Morgan fingerprint density at radius 2 is 2.15 bits per heavy atom. The first-order valence-corrected chi connectivity index (χ1v) is 6.72. The van der Waals surface area contributed by atoms with Gasteiger partial charge in [-0.3, -0.25) is 4.68 Å². The number of benzene rings is 1. The van der Waals surface area contributed by atoms with Crippen LogP contribution in [0.5, 0.6) is 0 Å². The third kappa shape index (κ3) is 2.59. The van der Waals surface area contributed by atoms with Crippen molar-refractivity contribution in [3.63, 3.8) is 0 Å². The molecule has 0 spiro atoms. The van der Waals surface area contributed by atoms with Gasteiger partial charge in [-0.1, -0.05) is 6.92 Å². The van der Waals surface area contributed by atoms with Gasteiger partial charge in [0.1, 0.15) is 0 Å². The number of nitrogens with zero attached hydrogens (tertiary/aromatic N) is 2. The molecule has 0 aliphatic rings. The molecule has 0 aliphatic carbocycles. The maximum absolute atomic E-state index is 11.2. The Morgan fingerprint density at radius 1 is 1.30 bits per heavy atom. The molecule has 0 fully saturated rings. The van der Waals surface area contributed by atoms with Crippen molar-refractivity contribution in [2.45, 2.75) is 26.4 Å². The van der Waals surface area contributed by atoms with Gasteiger partial charge in [0, 0.05) is 30.5 Å². The van der Waals surface area contributed by atoms with Crippen LogP contribution in [0.25, 0.3) is 11.0 Å². The zero-order valence-corrected chi connectivity index (χ0v) is 11.3. The van der Waals surface area contributed by atoms with Gasteiger partial charge in [-0.25, -0.2) is 4.79 Å². The molecule has 6 heteroatoms. The second kappa shape index (κ2) is 5.24. The SMILES string of the molecule is CCCn1cc(CNc2ccc3[nH]c(=O)[nH]c3c2)cn1. The van der Waals surface area contributed by atoms with E-state index < -0.39 is 0 Å². The third-order valence-electron chi connectivity index (χ3n) is 3.15. The number of fused-ring (bicyclic) bond motifs is 1. The van der Waals surface area contributed by atoms with Crippen LogP contribution in [-0.4, -0.2) is 19.7 Å². The van der Waals surface area contributed by atoms with E-state index in [-0.39, 0.29) is 5.69 Å². The Bertz CT molecular complexity index is 767. The second-order valence-electron chi connectivity index (χ2n) is 4.80. The Morgan fingerprint density at radius 3 is 3.00 bits per heavy atom. The topological polar surface area (TPSA) is 78.5 Å². The minimum absolute atomic E-state index is 0.182. The monoisotopic (exact) mass is 271 g/mol. The van der Waals surface area contributed by atoms with Crippen LogP contribution in [0, 0.1) is 0 Å². The van der Waals surface area contributed by atoms with E-state index in [2.05, 4.69) is 27.3 Å². The normalized spacial score (nSPS) is 11.1. The molecule has 0 saturated carbocycles. The van der Waals surface area contributed by atoms with Gasteiger partial charge in [-0.05, 0) is 24.6 Å². The number of nitrogens with one attached hydrogen (secondary N) is 3. The Balaban J connectivity index is 1.70. The fourth-order valence-electron chi connectivity index (χ4n) is 2.20. The number of aromatic nitrogens is 4. The zero-order chi connectivity index (χ0) is 13.9. The summed E-state index contributed by atoms with van der Waals surface area (Å²) in [5.41, 5.74) is 3.55. The van der Waals surface area contributed by atoms with Gasteiger partial charge in [0.15, 0.2) is 0 Å². The number of rotatable bonds is 5. The van der Waals surface area contributed by atoms with Crippen molar-refractivity contribution in [1.82, 2.24) is 19.7 Å². The summed E-state index contributed by atoms with van der Waals surface area (Å²) in [6.45, 7) is 3.78. The second-order valence-corrected chi connectivity index (χ2v) is 4.80. The molecule has 0 radical (unpaired) electrons. The van der Waals surface area contributed by atoms with Crippen LogP contribution in [0.2, 0.25) is 0 Å². The lowest BCUT2D eigenvalue weighted by atomic mass is 10.2. The van der Waals surface area contributed by atoms with E-state index in [9.17, 15) is 4.79 Å². The number of aryl methyl sites for hydroxylation is 1. The van der Waals surface area contributed by atoms with E-state index >= 15 is 0 Å². The molecule has 0 unspecified atom stereocenters. The smallest absolute Gasteiger partial charge is 0.323 e. The highest BCUT2D eigenvalue weighted by molar-refractivity contribution is 5.78. The van der Waals surface area contributed by atoms with Crippen molar-refractivity contribution in [2.75, 3.05) is 5.32 Å². The largest absolute Gasteiger partial charge is 0.381 e. The fourth-order valence-corrected chi connectivity index (χ4v) is 2.20.